The number of anilines is 2. The summed E-state index contributed by atoms with van der Waals surface area (Å²) in [4.78, 5) is 26.0. The van der Waals surface area contributed by atoms with E-state index in [-0.39, 0.29) is 23.1 Å². The van der Waals surface area contributed by atoms with Crippen LogP contribution >= 0.6 is 11.3 Å². The van der Waals surface area contributed by atoms with Crippen molar-refractivity contribution >= 4 is 38.5 Å². The number of nitrogens with zero attached hydrogens (tertiary/aromatic N) is 5. The third-order valence-corrected chi connectivity index (χ3v) is 6.18. The molecule has 1 aliphatic carbocycles. The molecule has 0 saturated carbocycles. The van der Waals surface area contributed by atoms with Crippen molar-refractivity contribution in [3.63, 3.8) is 0 Å². The van der Waals surface area contributed by atoms with Crippen molar-refractivity contribution in [2.24, 2.45) is 7.05 Å². The molecule has 0 saturated heterocycles. The fraction of sp³-hybridized carbons (Fsp3) is 0.250. The summed E-state index contributed by atoms with van der Waals surface area (Å²) < 4.78 is 15.8. The first-order valence-corrected chi connectivity index (χ1v) is 10.1. The van der Waals surface area contributed by atoms with Crippen molar-refractivity contribution in [1.29, 1.82) is 0 Å². The van der Waals surface area contributed by atoms with Gasteiger partial charge in [0.25, 0.3) is 5.91 Å². The maximum Gasteiger partial charge on any atom is 0.278 e. The molecule has 0 atom stereocenters. The van der Waals surface area contributed by atoms with E-state index in [2.05, 4.69) is 39.2 Å². The van der Waals surface area contributed by atoms with Gasteiger partial charge in [-0.15, -0.1) is 0 Å². The molecule has 5 rings (SSSR count). The molecule has 0 radical (unpaired) electrons. The van der Waals surface area contributed by atoms with Gasteiger partial charge in [-0.2, -0.15) is 5.10 Å². The van der Waals surface area contributed by atoms with Crippen LogP contribution < -0.4 is 11.1 Å². The number of amides is 1. The van der Waals surface area contributed by atoms with Gasteiger partial charge >= 0.3 is 0 Å². The summed E-state index contributed by atoms with van der Waals surface area (Å²) in [6, 6.07) is 4.33. The van der Waals surface area contributed by atoms with Gasteiger partial charge in [0.15, 0.2) is 10.8 Å². The van der Waals surface area contributed by atoms with E-state index in [0.717, 1.165) is 16.8 Å². The van der Waals surface area contributed by atoms with E-state index in [0.29, 0.717) is 33.2 Å². The van der Waals surface area contributed by atoms with Crippen molar-refractivity contribution in [3.8, 4) is 11.4 Å². The van der Waals surface area contributed by atoms with Crippen molar-refractivity contribution < 1.29 is 9.18 Å². The van der Waals surface area contributed by atoms with E-state index in [9.17, 15) is 9.18 Å². The number of nitrogens with one attached hydrogen (secondary N) is 1. The molecule has 0 unspecified atom stereocenters. The highest BCUT2D eigenvalue weighted by molar-refractivity contribution is 7.22. The van der Waals surface area contributed by atoms with Crippen LogP contribution in [0.2, 0.25) is 0 Å². The maximum atomic E-state index is 13.5. The zero-order chi connectivity index (χ0) is 21.2. The molecule has 3 N–H and O–H groups in total. The third-order valence-electron chi connectivity index (χ3n) is 5.25. The van der Waals surface area contributed by atoms with Crippen LogP contribution in [0.3, 0.4) is 0 Å². The fourth-order valence-electron chi connectivity index (χ4n) is 4.02. The molecular formula is C20H18FN7OS. The molecule has 10 heteroatoms. The number of benzene rings is 1. The summed E-state index contributed by atoms with van der Waals surface area (Å²) >= 11 is 1.21. The average molecular weight is 423 g/mol. The number of halogens is 1. The number of carbonyl (C=O) groups is 1. The van der Waals surface area contributed by atoms with Gasteiger partial charge in [-0.1, -0.05) is 25.2 Å². The van der Waals surface area contributed by atoms with E-state index in [1.807, 2.05) is 0 Å². The van der Waals surface area contributed by atoms with E-state index in [1.165, 1.54) is 23.5 Å². The number of aromatic nitrogens is 5. The Hall–Kier alpha value is -3.40. The Bertz CT molecular complexity index is 1340. The second-order valence-corrected chi connectivity index (χ2v) is 8.97. The van der Waals surface area contributed by atoms with Gasteiger partial charge in [0.05, 0.1) is 21.6 Å². The zero-order valence-corrected chi connectivity index (χ0v) is 17.3. The number of hydrogen-bond donors (Lipinski definition) is 2. The van der Waals surface area contributed by atoms with Gasteiger partial charge in [0, 0.05) is 18.8 Å². The Morgan fingerprint density at radius 3 is 2.93 bits per heavy atom. The quantitative estimate of drug-likeness (QED) is 0.512. The lowest BCUT2D eigenvalue weighted by Crippen LogP contribution is -2.29. The van der Waals surface area contributed by atoms with Crippen LogP contribution in [0.4, 0.5) is 15.5 Å². The van der Waals surface area contributed by atoms with Crippen LogP contribution in [0.1, 0.15) is 35.5 Å². The van der Waals surface area contributed by atoms with E-state index >= 15 is 0 Å². The largest absolute Gasteiger partial charge is 0.368 e. The number of carbonyl (C=O) groups excluding carboxylic acids is 1. The van der Waals surface area contributed by atoms with Gasteiger partial charge in [-0.25, -0.2) is 19.3 Å². The van der Waals surface area contributed by atoms with Crippen LogP contribution in [-0.4, -0.2) is 30.6 Å². The lowest BCUT2D eigenvalue weighted by atomic mass is 9.73. The first-order chi connectivity index (χ1) is 14.2. The van der Waals surface area contributed by atoms with Crippen LogP contribution in [0.25, 0.3) is 21.6 Å². The summed E-state index contributed by atoms with van der Waals surface area (Å²) in [7, 11) is 1.78. The molecule has 3 heterocycles. The summed E-state index contributed by atoms with van der Waals surface area (Å²) in [5, 5.41) is 7.71. The van der Waals surface area contributed by atoms with Gasteiger partial charge < -0.3 is 5.73 Å². The number of aryl methyl sites for hydroxylation is 1. The average Bonchev–Trinajstić information content (AvgIpc) is 3.23. The highest BCUT2D eigenvalue weighted by atomic mass is 32.1. The Kier molecular flexibility index (Phi) is 3.91. The number of fused-ring (bicyclic) bond motifs is 4. The topological polar surface area (TPSA) is 112 Å². The molecule has 3 aromatic heterocycles. The van der Waals surface area contributed by atoms with Crippen LogP contribution in [-0.2, 0) is 18.9 Å². The predicted molar refractivity (Wildman–Crippen MR) is 113 cm³/mol. The first kappa shape index (κ1) is 18.6. The summed E-state index contributed by atoms with van der Waals surface area (Å²) in [5.41, 5.74) is 9.60. The molecule has 0 fully saturated rings. The zero-order valence-electron chi connectivity index (χ0n) is 16.5. The van der Waals surface area contributed by atoms with Crippen LogP contribution in [0.5, 0.6) is 0 Å². The Morgan fingerprint density at radius 1 is 1.33 bits per heavy atom. The number of rotatable bonds is 2. The summed E-state index contributed by atoms with van der Waals surface area (Å²) in [6.45, 7) is 4.12. The second-order valence-electron chi connectivity index (χ2n) is 7.94. The minimum absolute atomic E-state index is 0.174. The molecule has 0 spiro atoms. The summed E-state index contributed by atoms with van der Waals surface area (Å²) in [6.07, 6.45) is 2.39. The first-order valence-electron chi connectivity index (χ1n) is 9.29. The fourth-order valence-corrected chi connectivity index (χ4v) is 4.91. The molecular weight excluding hydrogens is 405 g/mol. The van der Waals surface area contributed by atoms with E-state index < -0.39 is 0 Å². The van der Waals surface area contributed by atoms with Gasteiger partial charge in [-0.05, 0) is 35.6 Å². The molecule has 30 heavy (non-hydrogen) atoms. The normalized spacial score (nSPS) is 14.4. The van der Waals surface area contributed by atoms with E-state index in [4.69, 9.17) is 5.73 Å². The molecule has 8 nitrogen and oxygen atoms in total. The standard InChI is InChI=1S/C20H18FN7OS/c1-20(2)7-9-8-23-18(22)25-14(9)16-13(20)15(27-28(16)3)17(29)26-19-24-11-5-4-10(21)6-12(11)30-19/h4-6,8H,7H2,1-3H3,(H2,22,23,25)(H,24,26,29). The molecule has 1 aliphatic rings. The predicted octanol–water partition coefficient (Wildman–Crippen LogP) is 3.29. The van der Waals surface area contributed by atoms with Gasteiger partial charge in [0.1, 0.15) is 5.82 Å². The van der Waals surface area contributed by atoms with Crippen molar-refractivity contribution in [1.82, 2.24) is 24.7 Å². The molecule has 0 aliphatic heterocycles. The Balaban J connectivity index is 1.58. The number of nitrogen functional groups attached to an aromatic ring is 1. The number of thiazole rings is 1. The van der Waals surface area contributed by atoms with Crippen LogP contribution in [0.15, 0.2) is 24.4 Å². The van der Waals surface area contributed by atoms with Crippen molar-refractivity contribution in [2.45, 2.75) is 25.7 Å². The highest BCUT2D eigenvalue weighted by Crippen LogP contribution is 2.43. The number of hydrogen-bond acceptors (Lipinski definition) is 7. The minimum atomic E-state index is -0.370. The van der Waals surface area contributed by atoms with E-state index in [1.54, 1.807) is 24.0 Å². The lowest BCUT2D eigenvalue weighted by molar-refractivity contribution is 0.101. The highest BCUT2D eigenvalue weighted by Gasteiger charge is 2.39. The smallest absolute Gasteiger partial charge is 0.278 e. The maximum absolute atomic E-state index is 13.5. The second kappa shape index (κ2) is 6.30. The lowest BCUT2D eigenvalue weighted by Gasteiger charge is -2.31. The molecule has 1 aromatic carbocycles. The van der Waals surface area contributed by atoms with Gasteiger partial charge in [-0.3, -0.25) is 14.8 Å². The molecule has 0 bridgehead atoms. The Labute approximate surface area is 175 Å². The summed E-state index contributed by atoms with van der Waals surface area (Å²) in [5.74, 6) is -0.539. The monoisotopic (exact) mass is 423 g/mol. The molecule has 1 amide bonds. The minimum Gasteiger partial charge on any atom is -0.368 e. The van der Waals surface area contributed by atoms with Crippen molar-refractivity contribution in [3.05, 3.63) is 47.0 Å². The number of nitrogens with two attached hydrogens (primary N) is 1. The molecule has 4 aromatic rings. The van der Waals surface area contributed by atoms with Crippen LogP contribution in [0, 0.1) is 5.82 Å². The third kappa shape index (κ3) is 2.83. The van der Waals surface area contributed by atoms with Crippen molar-refractivity contribution in [2.75, 3.05) is 11.1 Å². The Morgan fingerprint density at radius 2 is 2.13 bits per heavy atom. The van der Waals surface area contributed by atoms with Gasteiger partial charge in [0.2, 0.25) is 5.95 Å². The molecule has 152 valence electrons. The SMILES string of the molecule is Cn1nc(C(=O)Nc2nc3ccc(F)cc3s2)c2c1-c1nc(N)ncc1CC2(C)C.